The number of hydrogen-bond donors (Lipinski definition) is 3. The van der Waals surface area contributed by atoms with Gasteiger partial charge in [-0.05, 0) is 79.3 Å². The molecule has 0 aromatic heterocycles. The first-order valence-corrected chi connectivity index (χ1v) is 14.9. The standard InChI is InChI=1S/C33H39ClN2O6/c1-3-41-26-12-9-21(10-13-26)17-24-18-22(11-14-27(24)34)32-31(39)30(38)29(37)28(42-32)20-35(2)25-8-6-7-23(19-25)33(40)36-15-4-5-16-36/h6-14,18-19,28-32,37-39H,3-5,15-17,20H2,1-2H3/t28-,29-,30+,31-,32+/m1/s1. The second kappa shape index (κ2) is 13.4. The van der Waals surface area contributed by atoms with Crippen LogP contribution in [0.25, 0.3) is 0 Å². The molecule has 5 atom stereocenters. The molecule has 0 bridgehead atoms. The number of carbonyl (C=O) groups is 1. The third-order valence-corrected chi connectivity index (χ3v) is 8.49. The Kier molecular flexibility index (Phi) is 9.70. The molecule has 2 aliphatic heterocycles. The van der Waals surface area contributed by atoms with E-state index >= 15 is 0 Å². The maximum absolute atomic E-state index is 12.9. The number of likely N-dealkylation sites (N-methyl/N-ethyl adjacent to an activating group) is 1. The van der Waals surface area contributed by atoms with Crippen molar-refractivity contribution in [2.45, 2.75) is 56.7 Å². The highest BCUT2D eigenvalue weighted by atomic mass is 35.5. The van der Waals surface area contributed by atoms with Crippen LogP contribution >= 0.6 is 11.6 Å². The molecule has 3 aromatic rings. The van der Waals surface area contributed by atoms with Gasteiger partial charge in [-0.1, -0.05) is 41.9 Å². The minimum atomic E-state index is -1.41. The van der Waals surface area contributed by atoms with Crippen LogP contribution in [0, 0.1) is 0 Å². The number of nitrogens with zero attached hydrogens (tertiary/aromatic N) is 2. The van der Waals surface area contributed by atoms with Crippen molar-refractivity contribution in [2.24, 2.45) is 0 Å². The third kappa shape index (κ3) is 6.74. The average Bonchev–Trinajstić information content (AvgIpc) is 3.55. The van der Waals surface area contributed by atoms with E-state index in [1.54, 1.807) is 12.1 Å². The summed E-state index contributed by atoms with van der Waals surface area (Å²) in [5, 5.41) is 33.2. The fraction of sp³-hybridized carbons (Fsp3) is 0.424. The predicted octanol–water partition coefficient (Wildman–Crippen LogP) is 4.22. The van der Waals surface area contributed by atoms with Gasteiger partial charge in [0.15, 0.2) is 0 Å². The minimum absolute atomic E-state index is 0.0130. The summed E-state index contributed by atoms with van der Waals surface area (Å²) in [6, 6.07) is 20.6. The van der Waals surface area contributed by atoms with Crippen LogP contribution in [0.2, 0.25) is 5.02 Å². The Hall–Kier alpha value is -3.14. The van der Waals surface area contributed by atoms with E-state index in [0.717, 1.165) is 48.5 Å². The predicted molar refractivity (Wildman–Crippen MR) is 162 cm³/mol. The highest BCUT2D eigenvalue weighted by Crippen LogP contribution is 2.35. The van der Waals surface area contributed by atoms with E-state index in [1.165, 1.54) is 0 Å². The van der Waals surface area contributed by atoms with Crippen molar-refractivity contribution in [3.8, 4) is 5.75 Å². The Morgan fingerprint density at radius 3 is 2.45 bits per heavy atom. The molecule has 0 saturated carbocycles. The van der Waals surface area contributed by atoms with Gasteiger partial charge in [-0.2, -0.15) is 0 Å². The normalized spacial score (nSPS) is 24.0. The number of aliphatic hydroxyl groups is 3. The van der Waals surface area contributed by atoms with Gasteiger partial charge in [0.2, 0.25) is 0 Å². The topological polar surface area (TPSA) is 103 Å². The second-order valence-corrected chi connectivity index (χ2v) is 11.5. The fourth-order valence-electron chi connectivity index (χ4n) is 5.73. The molecule has 3 aromatic carbocycles. The quantitative estimate of drug-likeness (QED) is 0.341. The lowest BCUT2D eigenvalue weighted by atomic mass is 9.89. The molecular formula is C33H39ClN2O6. The molecule has 224 valence electrons. The molecule has 0 aliphatic carbocycles. The van der Waals surface area contributed by atoms with E-state index in [-0.39, 0.29) is 12.5 Å². The molecule has 42 heavy (non-hydrogen) atoms. The van der Waals surface area contributed by atoms with E-state index in [2.05, 4.69) is 0 Å². The summed E-state index contributed by atoms with van der Waals surface area (Å²) in [4.78, 5) is 16.7. The highest BCUT2D eigenvalue weighted by Gasteiger charge is 2.44. The molecule has 2 aliphatic rings. The van der Waals surface area contributed by atoms with Gasteiger partial charge in [0.1, 0.15) is 36.3 Å². The number of likely N-dealkylation sites (tertiary alicyclic amines) is 1. The van der Waals surface area contributed by atoms with Crippen LogP contribution in [0.5, 0.6) is 5.75 Å². The zero-order valence-electron chi connectivity index (χ0n) is 24.0. The third-order valence-electron chi connectivity index (χ3n) is 8.12. The summed E-state index contributed by atoms with van der Waals surface area (Å²) in [5.74, 6) is 0.812. The maximum atomic E-state index is 12.9. The highest BCUT2D eigenvalue weighted by molar-refractivity contribution is 6.31. The first-order chi connectivity index (χ1) is 20.2. The van der Waals surface area contributed by atoms with Crippen molar-refractivity contribution in [3.63, 3.8) is 0 Å². The van der Waals surface area contributed by atoms with Gasteiger partial charge in [0, 0.05) is 43.0 Å². The number of benzene rings is 3. The van der Waals surface area contributed by atoms with E-state index < -0.39 is 30.5 Å². The van der Waals surface area contributed by atoms with E-state index in [9.17, 15) is 20.1 Å². The largest absolute Gasteiger partial charge is 0.494 e. The molecule has 2 fully saturated rings. The van der Waals surface area contributed by atoms with Crippen LogP contribution in [0.15, 0.2) is 66.7 Å². The Balaban J connectivity index is 1.31. The van der Waals surface area contributed by atoms with Crippen molar-refractivity contribution >= 4 is 23.2 Å². The van der Waals surface area contributed by atoms with E-state index in [1.807, 2.05) is 78.4 Å². The number of anilines is 1. The molecule has 8 nitrogen and oxygen atoms in total. The van der Waals surface area contributed by atoms with Crippen LogP contribution in [0.1, 0.15) is 52.9 Å². The summed E-state index contributed by atoms with van der Waals surface area (Å²) < 4.78 is 11.8. The Morgan fingerprint density at radius 2 is 1.74 bits per heavy atom. The lowest BCUT2D eigenvalue weighted by Gasteiger charge is -2.42. The zero-order valence-corrected chi connectivity index (χ0v) is 24.8. The van der Waals surface area contributed by atoms with Crippen molar-refractivity contribution < 1.29 is 29.6 Å². The fourth-order valence-corrected chi connectivity index (χ4v) is 5.91. The SMILES string of the molecule is CCOc1ccc(Cc2cc([C@@H]3O[C@H](CN(C)c4cccc(C(=O)N5CCCC5)c4)[C@@H](O)[C@H](O)[C@H]3O)ccc2Cl)cc1. The van der Waals surface area contributed by atoms with Gasteiger partial charge in [0.25, 0.3) is 5.91 Å². The van der Waals surface area contributed by atoms with Crippen molar-refractivity contribution in [2.75, 3.05) is 38.2 Å². The number of aliphatic hydroxyl groups excluding tert-OH is 3. The monoisotopic (exact) mass is 594 g/mol. The first-order valence-electron chi connectivity index (χ1n) is 14.6. The molecule has 0 unspecified atom stereocenters. The van der Waals surface area contributed by atoms with Gasteiger partial charge >= 0.3 is 0 Å². The van der Waals surface area contributed by atoms with Gasteiger partial charge < -0.3 is 34.6 Å². The van der Waals surface area contributed by atoms with Crippen LogP contribution in [0.4, 0.5) is 5.69 Å². The van der Waals surface area contributed by atoms with E-state index in [4.69, 9.17) is 21.1 Å². The van der Waals surface area contributed by atoms with Gasteiger partial charge in [-0.25, -0.2) is 0 Å². The molecule has 3 N–H and O–H groups in total. The summed E-state index contributed by atoms with van der Waals surface area (Å²) in [5.41, 5.74) is 3.95. The minimum Gasteiger partial charge on any atom is -0.494 e. The summed E-state index contributed by atoms with van der Waals surface area (Å²) in [6.07, 6.45) is -3.11. The maximum Gasteiger partial charge on any atom is 0.253 e. The summed E-state index contributed by atoms with van der Waals surface area (Å²) >= 11 is 6.55. The average molecular weight is 595 g/mol. The molecule has 0 spiro atoms. The lowest BCUT2D eigenvalue weighted by Crippen LogP contribution is -2.57. The van der Waals surface area contributed by atoms with Gasteiger partial charge in [0.05, 0.1) is 6.61 Å². The molecule has 9 heteroatoms. The summed E-state index contributed by atoms with van der Waals surface area (Å²) in [6.45, 7) is 4.31. The number of hydrogen-bond acceptors (Lipinski definition) is 7. The van der Waals surface area contributed by atoms with Crippen molar-refractivity contribution in [1.29, 1.82) is 0 Å². The van der Waals surface area contributed by atoms with E-state index in [0.29, 0.717) is 29.2 Å². The molecule has 1 amide bonds. The number of ether oxygens (including phenoxy) is 2. The molecule has 2 saturated heterocycles. The van der Waals surface area contributed by atoms with Crippen LogP contribution in [-0.4, -0.2) is 83.8 Å². The molecule has 2 heterocycles. The Bertz CT molecular complexity index is 1360. The molecule has 0 radical (unpaired) electrons. The first kappa shape index (κ1) is 30.3. The number of rotatable bonds is 9. The number of halogens is 1. The smallest absolute Gasteiger partial charge is 0.253 e. The zero-order chi connectivity index (χ0) is 29.8. The van der Waals surface area contributed by atoms with Crippen LogP contribution in [0.3, 0.4) is 0 Å². The molecular weight excluding hydrogens is 556 g/mol. The number of carbonyl (C=O) groups excluding carboxylic acids is 1. The van der Waals surface area contributed by atoms with Gasteiger partial charge in [-0.3, -0.25) is 4.79 Å². The Labute approximate surface area is 252 Å². The summed E-state index contributed by atoms with van der Waals surface area (Å²) in [7, 11) is 1.85. The van der Waals surface area contributed by atoms with Crippen LogP contribution in [-0.2, 0) is 11.2 Å². The van der Waals surface area contributed by atoms with Crippen molar-refractivity contribution in [3.05, 3.63) is 94.0 Å². The lowest BCUT2D eigenvalue weighted by molar-refractivity contribution is -0.221. The van der Waals surface area contributed by atoms with Crippen LogP contribution < -0.4 is 9.64 Å². The molecule has 5 rings (SSSR count). The van der Waals surface area contributed by atoms with Gasteiger partial charge in [-0.15, -0.1) is 0 Å². The Morgan fingerprint density at radius 1 is 1.00 bits per heavy atom. The second-order valence-electron chi connectivity index (χ2n) is 11.1. The number of amides is 1. The van der Waals surface area contributed by atoms with Crippen molar-refractivity contribution in [1.82, 2.24) is 4.90 Å².